The van der Waals surface area contributed by atoms with E-state index in [1.54, 1.807) is 18.2 Å². The summed E-state index contributed by atoms with van der Waals surface area (Å²) in [5.41, 5.74) is 2.73. The number of anilines is 1. The van der Waals surface area contributed by atoms with Crippen molar-refractivity contribution < 1.29 is 19.0 Å². The second kappa shape index (κ2) is 8.97. The molecule has 0 heterocycles. The molecule has 25 heavy (non-hydrogen) atoms. The van der Waals surface area contributed by atoms with Gasteiger partial charge in [0.05, 0.1) is 13.2 Å². The van der Waals surface area contributed by atoms with Crippen molar-refractivity contribution in [3.63, 3.8) is 0 Å². The predicted octanol–water partition coefficient (Wildman–Crippen LogP) is 4.12. The van der Waals surface area contributed by atoms with Crippen molar-refractivity contribution in [2.45, 2.75) is 27.7 Å². The highest BCUT2D eigenvalue weighted by Gasteiger charge is 2.10. The smallest absolute Gasteiger partial charge is 0.262 e. The number of carbonyl (C=O) groups is 1. The van der Waals surface area contributed by atoms with E-state index in [1.807, 2.05) is 45.9 Å². The minimum atomic E-state index is -0.229. The molecule has 0 spiro atoms. The van der Waals surface area contributed by atoms with Crippen LogP contribution in [0.5, 0.6) is 17.2 Å². The second-order valence-electron chi connectivity index (χ2n) is 5.63. The molecule has 0 unspecified atom stereocenters. The Morgan fingerprint density at radius 1 is 0.880 bits per heavy atom. The molecule has 0 aromatic heterocycles. The summed E-state index contributed by atoms with van der Waals surface area (Å²) in [4.78, 5) is 12.2. The lowest BCUT2D eigenvalue weighted by molar-refractivity contribution is -0.118. The Hall–Kier alpha value is -2.69. The molecule has 0 bridgehead atoms. The topological polar surface area (TPSA) is 56.8 Å². The van der Waals surface area contributed by atoms with Crippen LogP contribution in [0, 0.1) is 13.8 Å². The lowest BCUT2D eigenvalue weighted by atomic mass is 10.1. The number of nitrogens with one attached hydrogen (secondary N) is 1. The minimum absolute atomic E-state index is 0.0541. The Bertz CT molecular complexity index is 728. The number of benzene rings is 2. The number of rotatable bonds is 8. The van der Waals surface area contributed by atoms with Crippen molar-refractivity contribution in [3.8, 4) is 17.2 Å². The van der Waals surface area contributed by atoms with E-state index in [9.17, 15) is 4.79 Å². The summed E-state index contributed by atoms with van der Waals surface area (Å²) in [5, 5.41) is 2.81. The maximum absolute atomic E-state index is 12.2. The van der Waals surface area contributed by atoms with E-state index in [-0.39, 0.29) is 12.5 Å². The summed E-state index contributed by atoms with van der Waals surface area (Å²) < 4.78 is 16.7. The number of hydrogen-bond acceptors (Lipinski definition) is 4. The molecule has 2 aromatic rings. The summed E-state index contributed by atoms with van der Waals surface area (Å²) in [6.45, 7) is 8.77. The van der Waals surface area contributed by atoms with E-state index in [2.05, 4.69) is 5.32 Å². The van der Waals surface area contributed by atoms with Gasteiger partial charge in [0, 0.05) is 11.8 Å². The van der Waals surface area contributed by atoms with E-state index in [0.29, 0.717) is 30.4 Å². The lowest BCUT2D eigenvalue weighted by Gasteiger charge is -2.13. The molecule has 0 aliphatic rings. The Labute approximate surface area is 148 Å². The molecule has 0 fully saturated rings. The van der Waals surface area contributed by atoms with Crippen LogP contribution in [0.25, 0.3) is 0 Å². The fourth-order valence-electron chi connectivity index (χ4n) is 2.33. The van der Waals surface area contributed by atoms with Crippen molar-refractivity contribution in [3.05, 3.63) is 47.5 Å². The molecule has 2 rings (SSSR count). The van der Waals surface area contributed by atoms with E-state index < -0.39 is 0 Å². The van der Waals surface area contributed by atoms with Gasteiger partial charge in [-0.05, 0) is 57.0 Å². The molecule has 0 aliphatic carbocycles. The molecular weight excluding hydrogens is 318 g/mol. The third kappa shape index (κ3) is 5.41. The molecule has 0 saturated heterocycles. The third-order valence-corrected chi connectivity index (χ3v) is 3.53. The normalized spacial score (nSPS) is 10.2. The lowest BCUT2D eigenvalue weighted by Crippen LogP contribution is -2.20. The highest BCUT2D eigenvalue weighted by atomic mass is 16.5. The van der Waals surface area contributed by atoms with Gasteiger partial charge in [-0.3, -0.25) is 4.79 Å². The quantitative estimate of drug-likeness (QED) is 0.783. The van der Waals surface area contributed by atoms with Gasteiger partial charge in [0.2, 0.25) is 0 Å². The molecule has 5 nitrogen and oxygen atoms in total. The van der Waals surface area contributed by atoms with Crippen molar-refractivity contribution >= 4 is 11.6 Å². The maximum atomic E-state index is 12.2. The van der Waals surface area contributed by atoms with Crippen LogP contribution in [0.1, 0.15) is 25.0 Å². The zero-order valence-electron chi connectivity index (χ0n) is 15.2. The van der Waals surface area contributed by atoms with Gasteiger partial charge in [-0.25, -0.2) is 0 Å². The molecule has 1 amide bonds. The van der Waals surface area contributed by atoms with E-state index >= 15 is 0 Å². The molecule has 0 aliphatic heterocycles. The Balaban J connectivity index is 2.00. The molecule has 0 radical (unpaired) electrons. The van der Waals surface area contributed by atoms with Crippen LogP contribution >= 0.6 is 0 Å². The fraction of sp³-hybridized carbons (Fsp3) is 0.350. The summed E-state index contributed by atoms with van der Waals surface area (Å²) in [5.74, 6) is 1.76. The van der Waals surface area contributed by atoms with Gasteiger partial charge >= 0.3 is 0 Å². The van der Waals surface area contributed by atoms with Crippen molar-refractivity contribution in [2.75, 3.05) is 25.1 Å². The fourth-order valence-corrected chi connectivity index (χ4v) is 2.33. The average Bonchev–Trinajstić information content (AvgIpc) is 2.58. The first kappa shape index (κ1) is 18.6. The molecule has 1 N–H and O–H groups in total. The number of hydrogen-bond donors (Lipinski definition) is 1. The van der Waals surface area contributed by atoms with Gasteiger partial charge < -0.3 is 19.5 Å². The third-order valence-electron chi connectivity index (χ3n) is 3.53. The number of ether oxygens (including phenoxy) is 3. The molecule has 0 saturated carbocycles. The number of amides is 1. The number of aryl methyl sites for hydroxylation is 2. The Morgan fingerprint density at radius 3 is 2.32 bits per heavy atom. The van der Waals surface area contributed by atoms with Crippen LogP contribution in [0.3, 0.4) is 0 Å². The summed E-state index contributed by atoms with van der Waals surface area (Å²) in [6.07, 6.45) is 0. The van der Waals surface area contributed by atoms with Gasteiger partial charge in [0.15, 0.2) is 18.1 Å². The van der Waals surface area contributed by atoms with Crippen molar-refractivity contribution in [2.24, 2.45) is 0 Å². The Morgan fingerprint density at radius 2 is 1.60 bits per heavy atom. The van der Waals surface area contributed by atoms with Crippen molar-refractivity contribution in [1.29, 1.82) is 0 Å². The number of carbonyl (C=O) groups excluding carboxylic acids is 1. The molecule has 0 atom stereocenters. The zero-order valence-corrected chi connectivity index (χ0v) is 15.2. The summed E-state index contributed by atoms with van der Waals surface area (Å²) in [7, 11) is 0. The highest BCUT2D eigenvalue weighted by molar-refractivity contribution is 5.92. The van der Waals surface area contributed by atoms with Gasteiger partial charge in [-0.1, -0.05) is 12.1 Å². The van der Waals surface area contributed by atoms with Gasteiger partial charge in [0.1, 0.15) is 5.75 Å². The Kier molecular flexibility index (Phi) is 6.69. The van der Waals surface area contributed by atoms with E-state index in [1.165, 1.54) is 0 Å². The maximum Gasteiger partial charge on any atom is 0.262 e. The minimum Gasteiger partial charge on any atom is -0.490 e. The monoisotopic (exact) mass is 343 g/mol. The first-order valence-electron chi connectivity index (χ1n) is 8.43. The van der Waals surface area contributed by atoms with Gasteiger partial charge in [0.25, 0.3) is 5.91 Å². The first-order chi connectivity index (χ1) is 12.0. The molecular formula is C20H25NO4. The average molecular weight is 343 g/mol. The SMILES string of the molecule is CCOc1ccc(NC(=O)COc2cc(C)ccc2C)cc1OCC. The first-order valence-corrected chi connectivity index (χ1v) is 8.43. The largest absolute Gasteiger partial charge is 0.490 e. The van der Waals surface area contributed by atoms with Crippen molar-refractivity contribution in [1.82, 2.24) is 0 Å². The van der Waals surface area contributed by atoms with E-state index in [4.69, 9.17) is 14.2 Å². The van der Waals surface area contributed by atoms with Crippen LogP contribution < -0.4 is 19.5 Å². The molecule has 5 heteroatoms. The summed E-state index contributed by atoms with van der Waals surface area (Å²) in [6, 6.07) is 11.2. The highest BCUT2D eigenvalue weighted by Crippen LogP contribution is 2.30. The summed E-state index contributed by atoms with van der Waals surface area (Å²) >= 11 is 0. The van der Waals surface area contributed by atoms with Crippen LogP contribution in [-0.4, -0.2) is 25.7 Å². The second-order valence-corrected chi connectivity index (χ2v) is 5.63. The predicted molar refractivity (Wildman–Crippen MR) is 98.8 cm³/mol. The zero-order chi connectivity index (χ0) is 18.2. The standard InChI is InChI=1S/C20H25NO4/c1-5-23-17-10-9-16(12-19(17)24-6-2)21-20(22)13-25-18-11-14(3)7-8-15(18)4/h7-12H,5-6,13H2,1-4H3,(H,21,22). The molecule has 2 aromatic carbocycles. The van der Waals surface area contributed by atoms with Crippen LogP contribution in [-0.2, 0) is 4.79 Å². The van der Waals surface area contributed by atoms with Crippen LogP contribution in [0.4, 0.5) is 5.69 Å². The van der Waals surface area contributed by atoms with Gasteiger partial charge in [-0.15, -0.1) is 0 Å². The van der Waals surface area contributed by atoms with Crippen LogP contribution in [0.15, 0.2) is 36.4 Å². The van der Waals surface area contributed by atoms with Crippen LogP contribution in [0.2, 0.25) is 0 Å². The van der Waals surface area contributed by atoms with Gasteiger partial charge in [-0.2, -0.15) is 0 Å². The van der Waals surface area contributed by atoms with E-state index in [0.717, 1.165) is 16.9 Å². The molecule has 134 valence electrons.